The smallest absolute Gasteiger partial charge is 0.261 e. The zero-order chi connectivity index (χ0) is 21.8. The minimum absolute atomic E-state index is 0.0564. The van der Waals surface area contributed by atoms with Gasteiger partial charge < -0.3 is 4.90 Å². The van der Waals surface area contributed by atoms with Gasteiger partial charge in [0.1, 0.15) is 5.82 Å². The zero-order valence-corrected chi connectivity index (χ0v) is 18.7. The lowest BCUT2D eigenvalue weighted by Crippen LogP contribution is -2.38. The second-order valence-corrected chi connectivity index (χ2v) is 8.01. The van der Waals surface area contributed by atoms with Gasteiger partial charge in [0.25, 0.3) is 11.5 Å². The number of amides is 1. The van der Waals surface area contributed by atoms with Gasteiger partial charge in [-0.1, -0.05) is 42.6 Å². The molecule has 0 N–H and O–H groups in total. The van der Waals surface area contributed by atoms with Crippen LogP contribution in [0.2, 0.25) is 5.02 Å². The van der Waals surface area contributed by atoms with Crippen molar-refractivity contribution in [2.45, 2.75) is 53.1 Å². The van der Waals surface area contributed by atoms with Crippen molar-refractivity contribution in [2.24, 2.45) is 0 Å². The lowest BCUT2D eigenvalue weighted by molar-refractivity contribution is 0.0676. The third-order valence-electron chi connectivity index (χ3n) is 5.42. The molecule has 6 heteroatoms. The van der Waals surface area contributed by atoms with E-state index in [1.54, 1.807) is 22.8 Å². The molecular weight excluding hydrogens is 398 g/mol. The lowest BCUT2D eigenvalue weighted by atomic mass is 10.1. The Balaban J connectivity index is 2.10. The molecule has 0 aliphatic heterocycles. The van der Waals surface area contributed by atoms with Crippen LogP contribution in [0, 0.1) is 6.92 Å². The fourth-order valence-electron chi connectivity index (χ4n) is 3.64. The average molecular weight is 426 g/mol. The quantitative estimate of drug-likeness (QED) is 0.510. The highest BCUT2D eigenvalue weighted by Crippen LogP contribution is 2.24. The standard InChI is InChI=1S/C24H28ClN3O2/c1-5-7-14-28(23(29)18-10-8-16(3)9-11-18)17(4)22-26-21-15-19(25)12-13-20(21)24(30)27(22)6-2/h8-13,15,17H,5-7,14H2,1-4H3/t17-/m1/s1. The van der Waals surface area contributed by atoms with Gasteiger partial charge in [-0.2, -0.15) is 0 Å². The summed E-state index contributed by atoms with van der Waals surface area (Å²) in [6.45, 7) is 9.01. The first kappa shape index (κ1) is 22.0. The van der Waals surface area contributed by atoms with Crippen molar-refractivity contribution in [1.29, 1.82) is 0 Å². The van der Waals surface area contributed by atoms with Gasteiger partial charge in [-0.3, -0.25) is 14.2 Å². The number of halogens is 1. The molecule has 0 saturated heterocycles. The molecule has 3 aromatic rings. The molecule has 3 rings (SSSR count). The monoisotopic (exact) mass is 425 g/mol. The van der Waals surface area contributed by atoms with E-state index >= 15 is 0 Å². The maximum Gasteiger partial charge on any atom is 0.261 e. The molecule has 0 bridgehead atoms. The number of carbonyl (C=O) groups is 1. The molecule has 1 amide bonds. The Kier molecular flexibility index (Phi) is 6.93. The van der Waals surface area contributed by atoms with E-state index in [1.807, 2.05) is 49.9 Å². The van der Waals surface area contributed by atoms with Crippen molar-refractivity contribution >= 4 is 28.4 Å². The summed E-state index contributed by atoms with van der Waals surface area (Å²) in [5, 5.41) is 1.06. The molecule has 2 aromatic carbocycles. The number of hydrogen-bond acceptors (Lipinski definition) is 3. The van der Waals surface area contributed by atoms with Gasteiger partial charge >= 0.3 is 0 Å². The number of aryl methyl sites for hydroxylation is 1. The minimum atomic E-state index is -0.360. The van der Waals surface area contributed by atoms with Gasteiger partial charge in [-0.25, -0.2) is 4.98 Å². The van der Waals surface area contributed by atoms with E-state index < -0.39 is 0 Å². The largest absolute Gasteiger partial charge is 0.329 e. The SMILES string of the molecule is CCCCN(C(=O)c1ccc(C)cc1)[C@H](C)c1nc2cc(Cl)ccc2c(=O)n1CC. The zero-order valence-electron chi connectivity index (χ0n) is 18.0. The Bertz CT molecular complexity index is 1110. The molecule has 30 heavy (non-hydrogen) atoms. The van der Waals surface area contributed by atoms with Crippen LogP contribution in [0.25, 0.3) is 10.9 Å². The molecular formula is C24H28ClN3O2. The Hall–Kier alpha value is -2.66. The highest BCUT2D eigenvalue weighted by atomic mass is 35.5. The van der Waals surface area contributed by atoms with Crippen LogP contribution in [-0.4, -0.2) is 26.9 Å². The van der Waals surface area contributed by atoms with Gasteiger partial charge in [0.2, 0.25) is 0 Å². The van der Waals surface area contributed by atoms with Crippen LogP contribution in [0.3, 0.4) is 0 Å². The van der Waals surface area contributed by atoms with Crippen molar-refractivity contribution in [3.8, 4) is 0 Å². The van der Waals surface area contributed by atoms with E-state index in [9.17, 15) is 9.59 Å². The number of nitrogens with zero attached hydrogens (tertiary/aromatic N) is 3. The third-order valence-corrected chi connectivity index (χ3v) is 5.65. The first-order valence-corrected chi connectivity index (χ1v) is 10.8. The van der Waals surface area contributed by atoms with Crippen LogP contribution in [-0.2, 0) is 6.54 Å². The molecule has 0 radical (unpaired) electrons. The number of aromatic nitrogens is 2. The van der Waals surface area contributed by atoms with Crippen LogP contribution in [0.5, 0.6) is 0 Å². The summed E-state index contributed by atoms with van der Waals surface area (Å²) >= 11 is 6.14. The molecule has 1 atom stereocenters. The van der Waals surface area contributed by atoms with Crippen molar-refractivity contribution in [1.82, 2.24) is 14.5 Å². The van der Waals surface area contributed by atoms with Crippen LogP contribution in [0.15, 0.2) is 47.3 Å². The second kappa shape index (κ2) is 9.43. The summed E-state index contributed by atoms with van der Waals surface area (Å²) in [5.41, 5.74) is 2.18. The molecule has 0 spiro atoms. The van der Waals surface area contributed by atoms with Crippen molar-refractivity contribution in [3.05, 3.63) is 74.8 Å². The Morgan fingerprint density at radius 3 is 2.50 bits per heavy atom. The number of hydrogen-bond donors (Lipinski definition) is 0. The van der Waals surface area contributed by atoms with Crippen molar-refractivity contribution in [2.75, 3.05) is 6.54 Å². The normalized spacial score (nSPS) is 12.2. The van der Waals surface area contributed by atoms with Crippen molar-refractivity contribution in [3.63, 3.8) is 0 Å². The van der Waals surface area contributed by atoms with Crippen LogP contribution in [0.1, 0.15) is 61.4 Å². The summed E-state index contributed by atoms with van der Waals surface area (Å²) in [5.74, 6) is 0.521. The topological polar surface area (TPSA) is 55.2 Å². The molecule has 1 aromatic heterocycles. The predicted molar refractivity (Wildman–Crippen MR) is 122 cm³/mol. The van der Waals surface area contributed by atoms with Crippen molar-refractivity contribution < 1.29 is 4.79 Å². The summed E-state index contributed by atoms with van der Waals surface area (Å²) in [6, 6.07) is 12.3. The van der Waals surface area contributed by atoms with E-state index in [4.69, 9.17) is 16.6 Å². The molecule has 0 fully saturated rings. The highest BCUT2D eigenvalue weighted by Gasteiger charge is 2.26. The molecule has 5 nitrogen and oxygen atoms in total. The van der Waals surface area contributed by atoms with E-state index in [-0.39, 0.29) is 17.5 Å². The Morgan fingerprint density at radius 2 is 1.87 bits per heavy atom. The fourth-order valence-corrected chi connectivity index (χ4v) is 3.80. The predicted octanol–water partition coefficient (Wildman–Crippen LogP) is 5.38. The van der Waals surface area contributed by atoms with Gasteiger partial charge in [0.05, 0.1) is 16.9 Å². The Morgan fingerprint density at radius 1 is 1.17 bits per heavy atom. The molecule has 158 valence electrons. The lowest BCUT2D eigenvalue weighted by Gasteiger charge is -2.30. The summed E-state index contributed by atoms with van der Waals surface area (Å²) < 4.78 is 1.66. The highest BCUT2D eigenvalue weighted by molar-refractivity contribution is 6.31. The molecule has 0 aliphatic carbocycles. The van der Waals surface area contributed by atoms with Crippen LogP contribution in [0.4, 0.5) is 0 Å². The maximum absolute atomic E-state index is 13.4. The van der Waals surface area contributed by atoms with Crippen LogP contribution >= 0.6 is 11.6 Å². The summed E-state index contributed by atoms with van der Waals surface area (Å²) in [7, 11) is 0. The summed E-state index contributed by atoms with van der Waals surface area (Å²) in [6.07, 6.45) is 1.84. The van der Waals surface area contributed by atoms with Gasteiger partial charge in [-0.15, -0.1) is 0 Å². The molecule has 1 heterocycles. The van der Waals surface area contributed by atoms with E-state index in [1.165, 1.54) is 0 Å². The number of benzene rings is 2. The number of fused-ring (bicyclic) bond motifs is 1. The van der Waals surface area contributed by atoms with Crippen LogP contribution < -0.4 is 5.56 Å². The van der Waals surface area contributed by atoms with Gasteiger partial charge in [0.15, 0.2) is 0 Å². The average Bonchev–Trinajstić information content (AvgIpc) is 2.73. The molecule has 0 aliphatic rings. The van der Waals surface area contributed by atoms with E-state index in [2.05, 4.69) is 6.92 Å². The first-order chi connectivity index (χ1) is 14.4. The van der Waals surface area contributed by atoms with Gasteiger partial charge in [0, 0.05) is 23.7 Å². The number of rotatable bonds is 7. The molecule has 0 unspecified atom stereocenters. The number of carbonyl (C=O) groups excluding carboxylic acids is 1. The molecule has 0 saturated carbocycles. The third kappa shape index (κ3) is 4.41. The summed E-state index contributed by atoms with van der Waals surface area (Å²) in [4.78, 5) is 33.0. The first-order valence-electron chi connectivity index (χ1n) is 10.4. The van der Waals surface area contributed by atoms with E-state index in [0.29, 0.717) is 40.4 Å². The van der Waals surface area contributed by atoms with E-state index in [0.717, 1.165) is 18.4 Å². The second-order valence-electron chi connectivity index (χ2n) is 7.57. The maximum atomic E-state index is 13.4. The minimum Gasteiger partial charge on any atom is -0.329 e. The number of unbranched alkanes of at least 4 members (excludes halogenated alkanes) is 1. The fraction of sp³-hybridized carbons (Fsp3) is 0.375. The Labute approximate surface area is 182 Å². The van der Waals surface area contributed by atoms with Gasteiger partial charge in [-0.05, 0) is 57.5 Å².